The smallest absolute Gasteiger partial charge is 0.246 e. The molecule has 4 heteroatoms. The van der Waals surface area contributed by atoms with Crippen LogP contribution in [0.2, 0.25) is 0 Å². The van der Waals surface area contributed by atoms with Crippen molar-refractivity contribution in [2.45, 2.75) is 47.6 Å². The molecule has 0 bridgehead atoms. The van der Waals surface area contributed by atoms with Crippen LogP contribution in [-0.4, -0.2) is 17.9 Å². The number of rotatable bonds is 3. The molecular formula is C16H24N2O2. The minimum atomic E-state index is -0.568. The minimum absolute atomic E-state index is 0.138. The Kier molecular flexibility index (Phi) is 4.93. The third-order valence-corrected chi connectivity index (χ3v) is 3.28. The summed E-state index contributed by atoms with van der Waals surface area (Å²) in [6.07, 6.45) is 0. The topological polar surface area (TPSA) is 58.2 Å². The van der Waals surface area contributed by atoms with Crippen molar-refractivity contribution in [1.29, 1.82) is 0 Å². The van der Waals surface area contributed by atoms with Gasteiger partial charge in [0.25, 0.3) is 0 Å². The molecule has 0 spiro atoms. The van der Waals surface area contributed by atoms with Gasteiger partial charge in [0.1, 0.15) is 6.04 Å². The van der Waals surface area contributed by atoms with E-state index in [4.69, 9.17) is 0 Å². The maximum Gasteiger partial charge on any atom is 0.246 e. The van der Waals surface area contributed by atoms with Gasteiger partial charge in [-0.25, -0.2) is 0 Å². The predicted molar refractivity (Wildman–Crippen MR) is 81.6 cm³/mol. The Balaban J connectivity index is 2.72. The van der Waals surface area contributed by atoms with Gasteiger partial charge in [0.2, 0.25) is 11.8 Å². The van der Waals surface area contributed by atoms with Crippen LogP contribution in [0.25, 0.3) is 0 Å². The predicted octanol–water partition coefficient (Wildman–Crippen LogP) is 2.79. The standard InChI is InChI=1S/C16H24N2O2/c1-10-8-7-9-13(11(10)2)18-14(19)12(3)17-15(20)16(4,5)6/h7-9,12H,1-6H3,(H,17,20)(H,18,19)/t12-/m0/s1. The maximum atomic E-state index is 12.1. The zero-order valence-corrected chi connectivity index (χ0v) is 13.1. The molecule has 0 aliphatic heterocycles. The lowest BCUT2D eigenvalue weighted by Crippen LogP contribution is -2.46. The van der Waals surface area contributed by atoms with Gasteiger partial charge in [-0.15, -0.1) is 0 Å². The van der Waals surface area contributed by atoms with Crippen molar-refractivity contribution in [2.75, 3.05) is 5.32 Å². The lowest BCUT2D eigenvalue weighted by molar-refractivity contribution is -0.131. The van der Waals surface area contributed by atoms with Crippen LogP contribution in [0.1, 0.15) is 38.8 Å². The molecule has 0 saturated carbocycles. The molecule has 1 rings (SSSR count). The van der Waals surface area contributed by atoms with Gasteiger partial charge in [0.05, 0.1) is 0 Å². The summed E-state index contributed by atoms with van der Waals surface area (Å²) in [5.74, 6) is -0.350. The molecule has 0 unspecified atom stereocenters. The van der Waals surface area contributed by atoms with E-state index in [1.165, 1.54) is 0 Å². The first-order valence-corrected chi connectivity index (χ1v) is 6.81. The largest absolute Gasteiger partial charge is 0.344 e. The van der Waals surface area contributed by atoms with Crippen LogP contribution in [0.5, 0.6) is 0 Å². The van der Waals surface area contributed by atoms with Gasteiger partial charge in [-0.3, -0.25) is 9.59 Å². The van der Waals surface area contributed by atoms with Gasteiger partial charge < -0.3 is 10.6 Å². The summed E-state index contributed by atoms with van der Waals surface area (Å²) in [4.78, 5) is 24.0. The lowest BCUT2D eigenvalue weighted by Gasteiger charge is -2.21. The normalized spacial score (nSPS) is 12.7. The zero-order valence-electron chi connectivity index (χ0n) is 13.1. The molecule has 0 aliphatic carbocycles. The van der Waals surface area contributed by atoms with Crippen molar-refractivity contribution < 1.29 is 9.59 Å². The van der Waals surface area contributed by atoms with Crippen molar-refractivity contribution in [1.82, 2.24) is 5.32 Å². The van der Waals surface area contributed by atoms with Crippen LogP contribution in [0.4, 0.5) is 5.69 Å². The summed E-state index contributed by atoms with van der Waals surface area (Å²) in [6, 6.07) is 5.19. The molecule has 4 nitrogen and oxygen atoms in total. The number of carbonyl (C=O) groups excluding carboxylic acids is 2. The fourth-order valence-corrected chi connectivity index (χ4v) is 1.61. The van der Waals surface area contributed by atoms with E-state index in [2.05, 4.69) is 10.6 Å². The zero-order chi connectivity index (χ0) is 15.5. The van der Waals surface area contributed by atoms with Crippen LogP contribution in [0.3, 0.4) is 0 Å². The average Bonchev–Trinajstić information content (AvgIpc) is 2.33. The second-order valence-corrected chi connectivity index (χ2v) is 6.18. The van der Waals surface area contributed by atoms with E-state index in [1.54, 1.807) is 6.92 Å². The van der Waals surface area contributed by atoms with Crippen LogP contribution < -0.4 is 10.6 Å². The van der Waals surface area contributed by atoms with E-state index in [9.17, 15) is 9.59 Å². The minimum Gasteiger partial charge on any atom is -0.344 e. The molecule has 0 radical (unpaired) electrons. The molecule has 0 aromatic heterocycles. The van der Waals surface area contributed by atoms with Gasteiger partial charge in [0, 0.05) is 11.1 Å². The molecule has 0 saturated heterocycles. The summed E-state index contributed by atoms with van der Waals surface area (Å²) in [6.45, 7) is 11.1. The van der Waals surface area contributed by atoms with Gasteiger partial charge in [-0.1, -0.05) is 32.9 Å². The van der Waals surface area contributed by atoms with E-state index in [0.29, 0.717) is 0 Å². The number of hydrogen-bond acceptors (Lipinski definition) is 2. The van der Waals surface area contributed by atoms with Crippen molar-refractivity contribution in [2.24, 2.45) is 5.41 Å². The first kappa shape index (κ1) is 16.2. The molecule has 1 atom stereocenters. The molecule has 2 N–H and O–H groups in total. The number of benzene rings is 1. The molecule has 20 heavy (non-hydrogen) atoms. The third kappa shape index (κ3) is 4.08. The Morgan fingerprint density at radius 2 is 1.75 bits per heavy atom. The summed E-state index contributed by atoms with van der Waals surface area (Å²) >= 11 is 0. The summed E-state index contributed by atoms with van der Waals surface area (Å²) in [5, 5.41) is 5.58. The molecule has 0 heterocycles. The first-order chi connectivity index (χ1) is 9.12. The Bertz CT molecular complexity index is 516. The summed E-state index contributed by atoms with van der Waals surface area (Å²) in [5.41, 5.74) is 2.43. The van der Waals surface area contributed by atoms with Crippen molar-refractivity contribution in [3.63, 3.8) is 0 Å². The van der Waals surface area contributed by atoms with Gasteiger partial charge in [-0.05, 0) is 38.0 Å². The Morgan fingerprint density at radius 3 is 2.30 bits per heavy atom. The van der Waals surface area contributed by atoms with Crippen LogP contribution in [-0.2, 0) is 9.59 Å². The van der Waals surface area contributed by atoms with Gasteiger partial charge >= 0.3 is 0 Å². The fraction of sp³-hybridized carbons (Fsp3) is 0.500. The summed E-state index contributed by atoms with van der Waals surface area (Å²) < 4.78 is 0. The number of carbonyl (C=O) groups is 2. The molecule has 1 aromatic rings. The Hall–Kier alpha value is -1.84. The van der Waals surface area contributed by atoms with E-state index < -0.39 is 11.5 Å². The monoisotopic (exact) mass is 276 g/mol. The van der Waals surface area contributed by atoms with Crippen LogP contribution in [0.15, 0.2) is 18.2 Å². The Labute approximate surface area is 121 Å². The highest BCUT2D eigenvalue weighted by Crippen LogP contribution is 2.18. The molecule has 0 aliphatic rings. The molecule has 1 aromatic carbocycles. The quantitative estimate of drug-likeness (QED) is 0.892. The average molecular weight is 276 g/mol. The van der Waals surface area contributed by atoms with Crippen LogP contribution in [0, 0.1) is 19.3 Å². The number of anilines is 1. The van der Waals surface area contributed by atoms with Gasteiger partial charge in [-0.2, -0.15) is 0 Å². The van der Waals surface area contributed by atoms with E-state index in [1.807, 2.05) is 52.8 Å². The summed E-state index contributed by atoms with van der Waals surface area (Å²) in [7, 11) is 0. The number of hydrogen-bond donors (Lipinski definition) is 2. The third-order valence-electron chi connectivity index (χ3n) is 3.28. The van der Waals surface area contributed by atoms with Crippen molar-refractivity contribution >= 4 is 17.5 Å². The molecular weight excluding hydrogens is 252 g/mol. The number of aryl methyl sites for hydroxylation is 1. The molecule has 0 fully saturated rings. The van der Waals surface area contributed by atoms with Crippen LogP contribution >= 0.6 is 0 Å². The van der Waals surface area contributed by atoms with Crippen molar-refractivity contribution in [3.05, 3.63) is 29.3 Å². The van der Waals surface area contributed by atoms with E-state index in [0.717, 1.165) is 16.8 Å². The highest BCUT2D eigenvalue weighted by Gasteiger charge is 2.25. The second kappa shape index (κ2) is 6.07. The molecule has 110 valence electrons. The van der Waals surface area contributed by atoms with E-state index in [-0.39, 0.29) is 11.8 Å². The van der Waals surface area contributed by atoms with E-state index >= 15 is 0 Å². The fourth-order valence-electron chi connectivity index (χ4n) is 1.61. The lowest BCUT2D eigenvalue weighted by atomic mass is 9.95. The maximum absolute atomic E-state index is 12.1. The highest BCUT2D eigenvalue weighted by atomic mass is 16.2. The molecule has 2 amide bonds. The highest BCUT2D eigenvalue weighted by molar-refractivity contribution is 5.98. The second-order valence-electron chi connectivity index (χ2n) is 6.18. The Morgan fingerprint density at radius 1 is 1.15 bits per heavy atom. The number of nitrogens with one attached hydrogen (secondary N) is 2. The SMILES string of the molecule is Cc1cccc(NC(=O)[C@H](C)NC(=O)C(C)(C)C)c1C. The van der Waals surface area contributed by atoms with Gasteiger partial charge in [0.15, 0.2) is 0 Å². The first-order valence-electron chi connectivity index (χ1n) is 6.81. The van der Waals surface area contributed by atoms with Crippen molar-refractivity contribution in [3.8, 4) is 0 Å². The number of amides is 2.